The third-order valence-electron chi connectivity index (χ3n) is 8.10. The number of benzene rings is 1. The van der Waals surface area contributed by atoms with Gasteiger partial charge in [-0.25, -0.2) is 15.0 Å². The Morgan fingerprint density at radius 3 is 2.59 bits per heavy atom. The van der Waals surface area contributed by atoms with Gasteiger partial charge in [0.05, 0.1) is 5.60 Å². The Balaban J connectivity index is 1.36. The summed E-state index contributed by atoms with van der Waals surface area (Å²) in [5.74, 6) is 1.11. The zero-order chi connectivity index (χ0) is 23.1. The topological polar surface area (TPSA) is 84.1 Å². The number of fused-ring (bicyclic) bond motifs is 2. The maximum atomic E-state index is 14.0. The molecule has 1 aromatic carbocycles. The van der Waals surface area contributed by atoms with Crippen molar-refractivity contribution in [1.82, 2.24) is 24.4 Å². The Kier molecular flexibility index (Phi) is 5.44. The standard InChI is InChI=1S/C27H31N5O2/c33-26(25-30-23(24-28-15-8-16-29-24)22-13-6-7-17-31(22)25)32-18-14-27(34,19-9-2-1-3-10-19)20-11-4-5-12-21(20)32/h1-3,8-10,15-16,20-21,34H,4-7,11-14,17-18H2. The predicted octanol–water partition coefficient (Wildman–Crippen LogP) is 3.97. The first kappa shape index (κ1) is 21.5. The van der Waals surface area contributed by atoms with E-state index in [9.17, 15) is 9.90 Å². The Hall–Kier alpha value is -3.06. The first-order valence-corrected chi connectivity index (χ1v) is 12.6. The molecule has 3 atom stereocenters. The molecule has 7 nitrogen and oxygen atoms in total. The molecule has 3 aromatic rings. The number of aromatic nitrogens is 4. The molecule has 7 heteroatoms. The molecule has 1 N–H and O–H groups in total. The van der Waals surface area contributed by atoms with Crippen molar-refractivity contribution in [3.05, 3.63) is 65.9 Å². The van der Waals surface area contributed by atoms with Gasteiger partial charge in [-0.05, 0) is 50.2 Å². The second kappa shape index (κ2) is 8.62. The van der Waals surface area contributed by atoms with Gasteiger partial charge < -0.3 is 14.6 Å². The second-order valence-electron chi connectivity index (χ2n) is 9.91. The summed E-state index contributed by atoms with van der Waals surface area (Å²) in [6, 6.07) is 11.8. The van der Waals surface area contributed by atoms with Crippen LogP contribution in [0.2, 0.25) is 0 Å². The van der Waals surface area contributed by atoms with Gasteiger partial charge in [0.1, 0.15) is 5.69 Å². The van der Waals surface area contributed by atoms with Gasteiger partial charge in [0, 0.05) is 43.1 Å². The molecule has 1 saturated heterocycles. The Bertz CT molecular complexity index is 1180. The molecule has 3 aliphatic rings. The van der Waals surface area contributed by atoms with E-state index in [-0.39, 0.29) is 17.9 Å². The van der Waals surface area contributed by atoms with E-state index in [2.05, 4.69) is 14.5 Å². The Labute approximate surface area is 199 Å². The fraction of sp³-hybridized carbons (Fsp3) is 0.481. The number of amides is 1. The molecular weight excluding hydrogens is 426 g/mol. The van der Waals surface area contributed by atoms with E-state index in [4.69, 9.17) is 4.98 Å². The van der Waals surface area contributed by atoms with Crippen LogP contribution in [0.4, 0.5) is 0 Å². The fourth-order valence-corrected chi connectivity index (χ4v) is 6.46. The molecule has 176 valence electrons. The lowest BCUT2D eigenvalue weighted by atomic mass is 9.66. The summed E-state index contributed by atoms with van der Waals surface area (Å²) >= 11 is 0. The van der Waals surface area contributed by atoms with E-state index in [1.165, 1.54) is 0 Å². The molecule has 2 aromatic heterocycles. The second-order valence-corrected chi connectivity index (χ2v) is 9.91. The van der Waals surface area contributed by atoms with Crippen LogP contribution in [0.5, 0.6) is 0 Å². The summed E-state index contributed by atoms with van der Waals surface area (Å²) in [6.07, 6.45) is 11.0. The minimum Gasteiger partial charge on any atom is -0.385 e. The number of carbonyl (C=O) groups excluding carboxylic acids is 1. The lowest BCUT2D eigenvalue weighted by molar-refractivity contribution is -0.110. The summed E-state index contributed by atoms with van der Waals surface area (Å²) in [6.45, 7) is 1.33. The average Bonchev–Trinajstić information content (AvgIpc) is 3.30. The van der Waals surface area contributed by atoms with Gasteiger partial charge >= 0.3 is 0 Å². The molecule has 4 heterocycles. The molecule has 6 rings (SSSR count). The predicted molar refractivity (Wildman–Crippen MR) is 128 cm³/mol. The van der Waals surface area contributed by atoms with Gasteiger partial charge in [-0.2, -0.15) is 0 Å². The first-order chi connectivity index (χ1) is 16.7. The lowest BCUT2D eigenvalue weighted by Gasteiger charge is -2.52. The first-order valence-electron chi connectivity index (χ1n) is 12.6. The van der Waals surface area contributed by atoms with Crippen LogP contribution in [0.1, 0.15) is 66.8 Å². The largest absolute Gasteiger partial charge is 0.385 e. The van der Waals surface area contributed by atoms with E-state index in [1.54, 1.807) is 18.5 Å². The van der Waals surface area contributed by atoms with Crippen molar-refractivity contribution in [2.75, 3.05) is 6.54 Å². The number of hydrogen-bond acceptors (Lipinski definition) is 5. The van der Waals surface area contributed by atoms with Gasteiger partial charge in [0.25, 0.3) is 5.91 Å². The molecular formula is C27H31N5O2. The number of carbonyl (C=O) groups is 1. The highest BCUT2D eigenvalue weighted by molar-refractivity contribution is 5.92. The van der Waals surface area contributed by atoms with Crippen LogP contribution in [0.3, 0.4) is 0 Å². The highest BCUT2D eigenvalue weighted by Gasteiger charge is 2.51. The van der Waals surface area contributed by atoms with Gasteiger partial charge in [-0.1, -0.05) is 43.2 Å². The number of imidazole rings is 1. The van der Waals surface area contributed by atoms with Crippen molar-refractivity contribution in [2.45, 2.75) is 69.6 Å². The van der Waals surface area contributed by atoms with Crippen molar-refractivity contribution in [1.29, 1.82) is 0 Å². The van der Waals surface area contributed by atoms with Crippen LogP contribution in [-0.2, 0) is 18.6 Å². The van der Waals surface area contributed by atoms with Crippen LogP contribution in [-0.4, -0.2) is 48.0 Å². The van der Waals surface area contributed by atoms with Crippen molar-refractivity contribution >= 4 is 5.91 Å². The lowest BCUT2D eigenvalue weighted by Crippen LogP contribution is -2.59. The van der Waals surface area contributed by atoms with Gasteiger partial charge in [-0.15, -0.1) is 0 Å². The zero-order valence-electron chi connectivity index (χ0n) is 19.4. The third-order valence-corrected chi connectivity index (χ3v) is 8.10. The minimum absolute atomic E-state index is 0.0163. The highest BCUT2D eigenvalue weighted by atomic mass is 16.3. The van der Waals surface area contributed by atoms with Crippen molar-refractivity contribution < 1.29 is 9.90 Å². The maximum absolute atomic E-state index is 14.0. The summed E-state index contributed by atoms with van der Waals surface area (Å²) < 4.78 is 2.10. The molecule has 0 spiro atoms. The van der Waals surface area contributed by atoms with E-state index < -0.39 is 5.60 Å². The quantitative estimate of drug-likeness (QED) is 0.643. The van der Waals surface area contributed by atoms with Crippen LogP contribution >= 0.6 is 0 Å². The highest BCUT2D eigenvalue weighted by Crippen LogP contribution is 2.47. The van der Waals surface area contributed by atoms with E-state index in [0.717, 1.165) is 68.4 Å². The van der Waals surface area contributed by atoms with Crippen molar-refractivity contribution in [3.63, 3.8) is 0 Å². The van der Waals surface area contributed by atoms with Crippen molar-refractivity contribution in [2.24, 2.45) is 5.92 Å². The third kappa shape index (κ3) is 3.45. The molecule has 1 amide bonds. The number of rotatable bonds is 3. The number of aliphatic hydroxyl groups is 1. The molecule has 1 saturated carbocycles. The minimum atomic E-state index is -0.891. The SMILES string of the molecule is O=C(c1nc(-c2ncccn2)c2n1CCCC2)N1CCC(O)(c2ccccc2)C2CCCCC21. The number of hydrogen-bond donors (Lipinski definition) is 1. The van der Waals surface area contributed by atoms with Crippen LogP contribution in [0, 0.1) is 5.92 Å². The summed E-state index contributed by atoms with van der Waals surface area (Å²) in [4.78, 5) is 29.7. The van der Waals surface area contributed by atoms with E-state index in [0.29, 0.717) is 24.6 Å². The maximum Gasteiger partial charge on any atom is 0.290 e. The number of piperidine rings is 1. The summed E-state index contributed by atoms with van der Waals surface area (Å²) in [5.41, 5.74) is 1.89. The van der Waals surface area contributed by atoms with Crippen molar-refractivity contribution in [3.8, 4) is 11.5 Å². The fourth-order valence-electron chi connectivity index (χ4n) is 6.46. The number of likely N-dealkylation sites (tertiary alicyclic amines) is 1. The smallest absolute Gasteiger partial charge is 0.290 e. The Morgan fingerprint density at radius 2 is 1.76 bits per heavy atom. The van der Waals surface area contributed by atoms with Crippen LogP contribution in [0.15, 0.2) is 48.8 Å². The normalized spacial score (nSPS) is 26.6. The van der Waals surface area contributed by atoms with Gasteiger partial charge in [-0.3, -0.25) is 4.79 Å². The van der Waals surface area contributed by atoms with E-state index in [1.807, 2.05) is 35.2 Å². The van der Waals surface area contributed by atoms with Crippen LogP contribution < -0.4 is 0 Å². The molecule has 2 fully saturated rings. The Morgan fingerprint density at radius 1 is 0.971 bits per heavy atom. The summed E-state index contributed by atoms with van der Waals surface area (Å²) in [5, 5.41) is 11.9. The van der Waals surface area contributed by atoms with E-state index >= 15 is 0 Å². The van der Waals surface area contributed by atoms with Gasteiger partial charge in [0.15, 0.2) is 11.6 Å². The molecule has 1 aliphatic carbocycles. The van der Waals surface area contributed by atoms with Gasteiger partial charge in [0.2, 0.25) is 0 Å². The monoisotopic (exact) mass is 457 g/mol. The molecule has 0 bridgehead atoms. The summed E-state index contributed by atoms with van der Waals surface area (Å²) in [7, 11) is 0. The average molecular weight is 458 g/mol. The molecule has 2 aliphatic heterocycles. The van der Waals surface area contributed by atoms with Crippen LogP contribution in [0.25, 0.3) is 11.5 Å². The molecule has 0 radical (unpaired) electrons. The molecule has 3 unspecified atom stereocenters. The molecule has 34 heavy (non-hydrogen) atoms. The number of nitrogens with zero attached hydrogens (tertiary/aromatic N) is 5. The zero-order valence-corrected chi connectivity index (χ0v) is 19.4.